The Morgan fingerprint density at radius 1 is 0.733 bits per heavy atom. The second kappa shape index (κ2) is 12.8. The summed E-state index contributed by atoms with van der Waals surface area (Å²) in [6.45, 7) is 8.76. The van der Waals surface area contributed by atoms with E-state index in [1.165, 1.54) is 0 Å². The van der Waals surface area contributed by atoms with E-state index in [2.05, 4.69) is 0 Å². The molecule has 4 rings (SSSR count). The molecule has 0 aliphatic heterocycles. The lowest BCUT2D eigenvalue weighted by molar-refractivity contribution is -0.146. The number of phenolic OH excluding ortho intramolecular Hbond substituents is 4. The molecule has 0 radical (unpaired) electrons. The lowest BCUT2D eigenvalue weighted by Crippen LogP contribution is -2.29. The van der Waals surface area contributed by atoms with Gasteiger partial charge in [0.05, 0.1) is 22.3 Å². The van der Waals surface area contributed by atoms with Gasteiger partial charge in [0.1, 0.15) is 29.1 Å². The van der Waals surface area contributed by atoms with Crippen LogP contribution >= 0.6 is 0 Å². The van der Waals surface area contributed by atoms with Crippen LogP contribution in [0.5, 0.6) is 23.0 Å². The molecule has 4 N–H and O–H groups in total. The molecule has 45 heavy (non-hydrogen) atoms. The van der Waals surface area contributed by atoms with Gasteiger partial charge in [-0.3, -0.25) is 24.0 Å². The molecule has 0 bridgehead atoms. The second-order valence-electron chi connectivity index (χ2n) is 11.4. The molecule has 0 saturated carbocycles. The van der Waals surface area contributed by atoms with Crippen LogP contribution in [0.3, 0.4) is 0 Å². The van der Waals surface area contributed by atoms with Crippen molar-refractivity contribution in [2.45, 2.75) is 65.9 Å². The summed E-state index contributed by atoms with van der Waals surface area (Å²) in [5.41, 5.74) is -0.598. The van der Waals surface area contributed by atoms with Crippen LogP contribution in [0.4, 0.5) is 0 Å². The van der Waals surface area contributed by atoms with Crippen LogP contribution in [0.1, 0.15) is 107 Å². The molecule has 10 heteroatoms. The summed E-state index contributed by atoms with van der Waals surface area (Å²) in [6.07, 6.45) is 4.35. The van der Waals surface area contributed by atoms with Crippen LogP contribution in [-0.2, 0) is 9.53 Å². The van der Waals surface area contributed by atoms with Gasteiger partial charge in [-0.25, -0.2) is 0 Å². The number of carbonyl (C=O) groups excluding carboxylic acids is 5. The van der Waals surface area contributed by atoms with Gasteiger partial charge in [0.2, 0.25) is 0 Å². The molecule has 2 atom stereocenters. The van der Waals surface area contributed by atoms with Crippen molar-refractivity contribution in [1.82, 2.24) is 0 Å². The predicted octanol–water partition coefficient (Wildman–Crippen LogP) is 5.94. The molecule has 234 valence electrons. The van der Waals surface area contributed by atoms with Gasteiger partial charge in [-0.05, 0) is 64.5 Å². The van der Waals surface area contributed by atoms with E-state index in [0.29, 0.717) is 0 Å². The number of ether oxygens (including phenoxy) is 1. The van der Waals surface area contributed by atoms with E-state index in [0.717, 1.165) is 41.5 Å². The standard InChI is InChI=1S/C35H34O10/c1-6-28(41)45-27(12-8-17(4)5)21-15-26(40)30-25(39)14-20(34(43)32(30)35(21)44)18(9-7-16(2)3)19-13-24(38)29-22(36)10-11-23(37)31(29)33(19)42/h7-8,10-11,13-15,18,27,36-37,39,43H,6,9,12H2,1-5H3/t18-,27+/m1/s1. The van der Waals surface area contributed by atoms with Crippen LogP contribution in [0.15, 0.2) is 64.8 Å². The van der Waals surface area contributed by atoms with Gasteiger partial charge in [0.25, 0.3) is 0 Å². The molecule has 0 fully saturated rings. The van der Waals surface area contributed by atoms with Crippen LogP contribution in [-0.4, -0.2) is 55.6 Å². The average Bonchev–Trinajstić information content (AvgIpc) is 2.97. The molecule has 0 heterocycles. The third kappa shape index (κ3) is 6.22. The number of allylic oxidation sites excluding steroid dienone is 6. The number of esters is 1. The van der Waals surface area contributed by atoms with Crippen molar-refractivity contribution in [2.75, 3.05) is 0 Å². The minimum Gasteiger partial charge on any atom is -0.507 e. The maximum atomic E-state index is 14.0. The van der Waals surface area contributed by atoms with E-state index in [9.17, 15) is 44.4 Å². The third-order valence-electron chi connectivity index (χ3n) is 7.68. The molecule has 0 spiro atoms. The maximum absolute atomic E-state index is 14.0. The summed E-state index contributed by atoms with van der Waals surface area (Å²) in [6, 6.07) is 3.23. The van der Waals surface area contributed by atoms with E-state index in [-0.39, 0.29) is 41.5 Å². The Kier molecular flexibility index (Phi) is 9.27. The minimum absolute atomic E-state index is 0.00995. The lowest BCUT2D eigenvalue weighted by Gasteiger charge is -2.28. The molecular formula is C35H34O10. The summed E-state index contributed by atoms with van der Waals surface area (Å²) < 4.78 is 5.50. The highest BCUT2D eigenvalue weighted by Gasteiger charge is 2.40. The first-order valence-corrected chi connectivity index (χ1v) is 14.4. The van der Waals surface area contributed by atoms with Crippen molar-refractivity contribution in [3.8, 4) is 23.0 Å². The molecule has 2 aromatic carbocycles. The van der Waals surface area contributed by atoms with Crippen LogP contribution in [0.2, 0.25) is 0 Å². The monoisotopic (exact) mass is 614 g/mol. The van der Waals surface area contributed by atoms with Gasteiger partial charge in [-0.2, -0.15) is 0 Å². The normalized spacial score (nSPS) is 15.3. The van der Waals surface area contributed by atoms with Gasteiger partial charge >= 0.3 is 5.97 Å². The molecule has 0 saturated heterocycles. The average molecular weight is 615 g/mol. The Morgan fingerprint density at radius 3 is 1.82 bits per heavy atom. The van der Waals surface area contributed by atoms with E-state index in [1.807, 2.05) is 13.8 Å². The van der Waals surface area contributed by atoms with Gasteiger partial charge < -0.3 is 25.2 Å². The summed E-state index contributed by atoms with van der Waals surface area (Å²) in [7, 11) is 0. The smallest absolute Gasteiger partial charge is 0.306 e. The van der Waals surface area contributed by atoms with Gasteiger partial charge in [-0.15, -0.1) is 0 Å². The number of rotatable bonds is 9. The fraction of sp³-hybridized carbons (Fsp3) is 0.286. The second-order valence-corrected chi connectivity index (χ2v) is 11.4. The first-order chi connectivity index (χ1) is 21.2. The number of hydrogen-bond donors (Lipinski definition) is 4. The number of ketones is 4. The number of aromatic hydroxyl groups is 4. The highest BCUT2D eigenvalue weighted by Crippen LogP contribution is 2.47. The molecule has 2 aliphatic rings. The van der Waals surface area contributed by atoms with Gasteiger partial charge in [0.15, 0.2) is 23.1 Å². The molecule has 0 unspecified atom stereocenters. The van der Waals surface area contributed by atoms with Crippen LogP contribution in [0, 0.1) is 0 Å². The predicted molar refractivity (Wildman–Crippen MR) is 164 cm³/mol. The van der Waals surface area contributed by atoms with Crippen molar-refractivity contribution in [3.05, 3.63) is 92.6 Å². The maximum Gasteiger partial charge on any atom is 0.306 e. The van der Waals surface area contributed by atoms with Crippen LogP contribution < -0.4 is 0 Å². The zero-order chi connectivity index (χ0) is 33.3. The number of hydrogen-bond acceptors (Lipinski definition) is 10. The molecular weight excluding hydrogens is 580 g/mol. The summed E-state index contributed by atoms with van der Waals surface area (Å²) in [5, 5.41) is 43.4. The van der Waals surface area contributed by atoms with E-state index in [4.69, 9.17) is 4.74 Å². The van der Waals surface area contributed by atoms with E-state index < -0.39 is 80.8 Å². The molecule has 2 aromatic rings. The van der Waals surface area contributed by atoms with Crippen molar-refractivity contribution in [3.63, 3.8) is 0 Å². The quantitative estimate of drug-likeness (QED) is 0.150. The molecule has 0 amide bonds. The largest absolute Gasteiger partial charge is 0.507 e. The number of carbonyl (C=O) groups is 5. The highest BCUT2D eigenvalue weighted by atomic mass is 16.5. The topological polar surface area (TPSA) is 176 Å². The number of phenols is 4. The van der Waals surface area contributed by atoms with Crippen molar-refractivity contribution in [1.29, 1.82) is 0 Å². The first kappa shape index (κ1) is 32.7. The Balaban J connectivity index is 1.91. The molecule has 10 nitrogen and oxygen atoms in total. The number of benzene rings is 2. The number of fused-ring (bicyclic) bond motifs is 2. The Bertz CT molecular complexity index is 1780. The zero-order valence-corrected chi connectivity index (χ0v) is 25.6. The fourth-order valence-electron chi connectivity index (χ4n) is 5.42. The Hall–Kier alpha value is -5.25. The Morgan fingerprint density at radius 2 is 1.24 bits per heavy atom. The van der Waals surface area contributed by atoms with E-state index in [1.54, 1.807) is 32.9 Å². The molecule has 2 aliphatic carbocycles. The summed E-state index contributed by atoms with van der Waals surface area (Å²) in [4.78, 5) is 66.4. The van der Waals surface area contributed by atoms with Crippen molar-refractivity contribution >= 4 is 29.1 Å². The molecule has 0 aromatic heterocycles. The number of Topliss-reactive ketones (excluding diaryl/α,β-unsaturated/α-hetero) is 2. The zero-order valence-electron chi connectivity index (χ0n) is 25.6. The Labute approximate surface area is 259 Å². The first-order valence-electron chi connectivity index (χ1n) is 14.4. The lowest BCUT2D eigenvalue weighted by atomic mass is 9.76. The van der Waals surface area contributed by atoms with E-state index >= 15 is 0 Å². The van der Waals surface area contributed by atoms with Gasteiger partial charge in [0, 0.05) is 35.5 Å². The highest BCUT2D eigenvalue weighted by molar-refractivity contribution is 6.28. The van der Waals surface area contributed by atoms with Crippen molar-refractivity contribution < 1.29 is 49.1 Å². The van der Waals surface area contributed by atoms with Crippen LogP contribution in [0.25, 0.3) is 0 Å². The fourth-order valence-corrected chi connectivity index (χ4v) is 5.42. The van der Waals surface area contributed by atoms with Gasteiger partial charge in [-0.1, -0.05) is 30.2 Å². The SMILES string of the molecule is CCC(=O)O[C@@H](CC=C(C)C)C1=CC(=O)c2c(O)cc([C@H](CC=C(C)C)C3=CC(=O)c4c(O)ccc(O)c4C3=O)c(O)c2C1=O. The summed E-state index contributed by atoms with van der Waals surface area (Å²) >= 11 is 0. The minimum atomic E-state index is -1.16. The summed E-state index contributed by atoms with van der Waals surface area (Å²) in [5.74, 6) is -7.36. The third-order valence-corrected chi connectivity index (χ3v) is 7.68. The van der Waals surface area contributed by atoms with Crippen molar-refractivity contribution in [2.24, 2.45) is 0 Å².